The summed E-state index contributed by atoms with van der Waals surface area (Å²) in [6.07, 6.45) is 0. The smallest absolute Gasteiger partial charge is 0.292 e. The summed E-state index contributed by atoms with van der Waals surface area (Å²) in [5.41, 5.74) is 2.23. The van der Waals surface area contributed by atoms with Crippen LogP contribution in [0.15, 0.2) is 53.1 Å². The normalized spacial score (nSPS) is 10.5. The van der Waals surface area contributed by atoms with Gasteiger partial charge in [-0.25, -0.2) is 4.39 Å². The molecule has 0 aliphatic carbocycles. The van der Waals surface area contributed by atoms with E-state index in [2.05, 4.69) is 15.5 Å². The van der Waals surface area contributed by atoms with Crippen LogP contribution in [0.3, 0.4) is 0 Å². The molecule has 1 amide bonds. The number of halogens is 1. The molecule has 1 heterocycles. The molecule has 3 rings (SSSR count). The Morgan fingerprint density at radius 1 is 1.17 bits per heavy atom. The van der Waals surface area contributed by atoms with Gasteiger partial charge >= 0.3 is 0 Å². The molecule has 0 aliphatic rings. The van der Waals surface area contributed by atoms with Gasteiger partial charge in [-0.2, -0.15) is 4.98 Å². The van der Waals surface area contributed by atoms with Crippen LogP contribution in [0.4, 0.5) is 4.39 Å². The monoisotopic (exact) mass is 311 g/mol. The van der Waals surface area contributed by atoms with Crippen molar-refractivity contribution in [1.82, 2.24) is 15.5 Å². The van der Waals surface area contributed by atoms with Gasteiger partial charge in [0.2, 0.25) is 0 Å². The van der Waals surface area contributed by atoms with Crippen LogP contribution in [0.1, 0.15) is 21.7 Å². The highest BCUT2D eigenvalue weighted by Crippen LogP contribution is 2.17. The minimum atomic E-state index is -0.518. The highest BCUT2D eigenvalue weighted by molar-refractivity contribution is 5.90. The first-order valence-electron chi connectivity index (χ1n) is 7.06. The molecule has 0 fully saturated rings. The van der Waals surface area contributed by atoms with E-state index < -0.39 is 5.91 Å². The number of carbonyl (C=O) groups excluding carboxylic acids is 1. The zero-order valence-electron chi connectivity index (χ0n) is 12.4. The first kappa shape index (κ1) is 14.9. The van der Waals surface area contributed by atoms with Gasteiger partial charge < -0.3 is 9.84 Å². The van der Waals surface area contributed by atoms with Crippen LogP contribution in [-0.4, -0.2) is 16.0 Å². The van der Waals surface area contributed by atoms with Crippen molar-refractivity contribution in [2.24, 2.45) is 0 Å². The number of rotatable bonds is 4. The number of carbonyl (C=O) groups is 1. The fourth-order valence-electron chi connectivity index (χ4n) is 2.03. The lowest BCUT2D eigenvalue weighted by Gasteiger charge is -2.03. The maximum absolute atomic E-state index is 13.5. The van der Waals surface area contributed by atoms with Crippen LogP contribution in [-0.2, 0) is 6.54 Å². The van der Waals surface area contributed by atoms with Gasteiger partial charge in [0, 0.05) is 17.7 Å². The summed E-state index contributed by atoms with van der Waals surface area (Å²) in [7, 11) is 0. The number of nitrogens with zero attached hydrogens (tertiary/aromatic N) is 2. The maximum Gasteiger partial charge on any atom is 0.292 e. The first-order valence-corrected chi connectivity index (χ1v) is 7.06. The highest BCUT2D eigenvalue weighted by Gasteiger charge is 2.15. The Morgan fingerprint density at radius 3 is 2.65 bits per heavy atom. The number of nitrogens with one attached hydrogen (secondary N) is 1. The van der Waals surface area contributed by atoms with Crippen molar-refractivity contribution in [3.05, 3.63) is 71.3 Å². The summed E-state index contributed by atoms with van der Waals surface area (Å²) in [4.78, 5) is 16.1. The molecule has 0 saturated carbocycles. The molecule has 0 bridgehead atoms. The molecule has 5 nitrogen and oxygen atoms in total. The highest BCUT2D eigenvalue weighted by atomic mass is 19.1. The fourth-order valence-corrected chi connectivity index (χ4v) is 2.03. The third-order valence-electron chi connectivity index (χ3n) is 3.32. The molecular formula is C17H14FN3O2. The van der Waals surface area contributed by atoms with E-state index in [4.69, 9.17) is 4.52 Å². The van der Waals surface area contributed by atoms with E-state index in [1.54, 1.807) is 18.2 Å². The molecular weight excluding hydrogens is 297 g/mol. The molecule has 0 unspecified atom stereocenters. The van der Waals surface area contributed by atoms with Crippen LogP contribution in [0, 0.1) is 12.7 Å². The van der Waals surface area contributed by atoms with Crippen LogP contribution in [0.25, 0.3) is 11.5 Å². The van der Waals surface area contributed by atoms with Crippen molar-refractivity contribution in [2.75, 3.05) is 0 Å². The average molecular weight is 311 g/mol. The Bertz CT molecular complexity index is 828. The number of benzene rings is 2. The molecule has 116 valence electrons. The van der Waals surface area contributed by atoms with Crippen molar-refractivity contribution in [1.29, 1.82) is 0 Å². The Balaban J connectivity index is 1.69. The van der Waals surface area contributed by atoms with E-state index in [1.807, 2.05) is 31.2 Å². The van der Waals surface area contributed by atoms with Gasteiger partial charge in [-0.15, -0.1) is 0 Å². The van der Waals surface area contributed by atoms with Gasteiger partial charge in [0.15, 0.2) is 0 Å². The molecule has 0 atom stereocenters. The van der Waals surface area contributed by atoms with Crippen LogP contribution in [0.5, 0.6) is 0 Å². The largest absolute Gasteiger partial charge is 0.345 e. The third kappa shape index (κ3) is 3.42. The first-order chi connectivity index (χ1) is 11.1. The van der Waals surface area contributed by atoms with Crippen molar-refractivity contribution in [3.63, 3.8) is 0 Å². The molecule has 1 aromatic heterocycles. The van der Waals surface area contributed by atoms with Gasteiger partial charge in [-0.1, -0.05) is 41.1 Å². The molecule has 3 aromatic rings. The van der Waals surface area contributed by atoms with Crippen molar-refractivity contribution >= 4 is 5.91 Å². The second kappa shape index (κ2) is 6.39. The Labute approximate surface area is 132 Å². The molecule has 0 radical (unpaired) electrons. The zero-order valence-corrected chi connectivity index (χ0v) is 12.4. The number of hydrogen-bond acceptors (Lipinski definition) is 4. The third-order valence-corrected chi connectivity index (χ3v) is 3.32. The van der Waals surface area contributed by atoms with Crippen LogP contribution in [0.2, 0.25) is 0 Å². The van der Waals surface area contributed by atoms with E-state index >= 15 is 0 Å². The van der Waals surface area contributed by atoms with Gasteiger partial charge in [0.25, 0.3) is 17.6 Å². The van der Waals surface area contributed by atoms with E-state index in [0.29, 0.717) is 5.56 Å². The summed E-state index contributed by atoms with van der Waals surface area (Å²) < 4.78 is 18.6. The molecule has 2 aromatic carbocycles. The summed E-state index contributed by atoms with van der Waals surface area (Å²) >= 11 is 0. The molecule has 0 spiro atoms. The second-order valence-electron chi connectivity index (χ2n) is 5.06. The van der Waals surface area contributed by atoms with Gasteiger partial charge in [-0.05, 0) is 25.1 Å². The second-order valence-corrected chi connectivity index (χ2v) is 5.06. The van der Waals surface area contributed by atoms with Crippen LogP contribution < -0.4 is 5.32 Å². The summed E-state index contributed by atoms with van der Waals surface area (Å²) in [5.74, 6) is -0.713. The minimum absolute atomic E-state index is 0.0555. The van der Waals surface area contributed by atoms with Gasteiger partial charge in [0.1, 0.15) is 5.82 Å². The lowest BCUT2D eigenvalue weighted by atomic mass is 10.1. The summed E-state index contributed by atoms with van der Waals surface area (Å²) in [6, 6.07) is 13.7. The van der Waals surface area contributed by atoms with E-state index in [-0.39, 0.29) is 24.1 Å². The SMILES string of the molecule is Cc1ccc(-c2nc(C(=O)NCc3ccccc3F)no2)cc1. The molecule has 1 N–H and O–H groups in total. The lowest BCUT2D eigenvalue weighted by molar-refractivity contribution is 0.0937. The van der Waals surface area contributed by atoms with Gasteiger partial charge in [-0.3, -0.25) is 4.79 Å². The Kier molecular flexibility index (Phi) is 4.14. The minimum Gasteiger partial charge on any atom is -0.345 e. The lowest BCUT2D eigenvalue weighted by Crippen LogP contribution is -2.24. The fraction of sp³-hybridized carbons (Fsp3) is 0.118. The van der Waals surface area contributed by atoms with E-state index in [0.717, 1.165) is 11.1 Å². The molecule has 23 heavy (non-hydrogen) atoms. The predicted octanol–water partition coefficient (Wildman–Crippen LogP) is 3.11. The molecule has 0 aliphatic heterocycles. The van der Waals surface area contributed by atoms with Gasteiger partial charge in [0.05, 0.1) is 0 Å². The number of hydrogen-bond donors (Lipinski definition) is 1. The number of amides is 1. The average Bonchev–Trinajstić information content (AvgIpc) is 3.04. The van der Waals surface area contributed by atoms with E-state index in [9.17, 15) is 9.18 Å². The number of aromatic nitrogens is 2. The Hall–Kier alpha value is -3.02. The summed E-state index contributed by atoms with van der Waals surface area (Å²) in [6.45, 7) is 2.03. The molecule has 0 saturated heterocycles. The van der Waals surface area contributed by atoms with Crippen molar-refractivity contribution in [2.45, 2.75) is 13.5 Å². The summed E-state index contributed by atoms with van der Waals surface area (Å²) in [5, 5.41) is 6.22. The van der Waals surface area contributed by atoms with Crippen molar-refractivity contribution < 1.29 is 13.7 Å². The zero-order chi connectivity index (χ0) is 16.2. The number of aryl methyl sites for hydroxylation is 1. The molecule has 6 heteroatoms. The quantitative estimate of drug-likeness (QED) is 0.804. The van der Waals surface area contributed by atoms with Crippen molar-refractivity contribution in [3.8, 4) is 11.5 Å². The maximum atomic E-state index is 13.5. The topological polar surface area (TPSA) is 68.0 Å². The standard InChI is InChI=1S/C17H14FN3O2/c1-11-6-8-12(9-7-11)17-20-15(21-23-17)16(22)19-10-13-4-2-3-5-14(13)18/h2-9H,10H2,1H3,(H,19,22). The van der Waals surface area contributed by atoms with Crippen LogP contribution >= 0.6 is 0 Å². The Morgan fingerprint density at radius 2 is 1.91 bits per heavy atom. The van der Waals surface area contributed by atoms with E-state index in [1.165, 1.54) is 6.07 Å². The predicted molar refractivity (Wildman–Crippen MR) is 82.0 cm³/mol.